The molecule has 3 aromatic carbocycles. The van der Waals surface area contributed by atoms with Gasteiger partial charge < -0.3 is 14.8 Å². The van der Waals surface area contributed by atoms with Gasteiger partial charge in [-0.1, -0.05) is 35.9 Å². The average molecular weight is 396 g/mol. The molecule has 0 radical (unpaired) electrons. The normalized spacial score (nSPS) is 10.4. The number of rotatable bonds is 8. The smallest absolute Gasteiger partial charge is 0.338 e. The maximum absolute atomic E-state index is 11.7. The Labute approximate surface area is 170 Å². The van der Waals surface area contributed by atoms with Crippen molar-refractivity contribution in [2.75, 3.05) is 11.9 Å². The van der Waals surface area contributed by atoms with Gasteiger partial charge in [0.25, 0.3) is 0 Å². The van der Waals surface area contributed by atoms with Crippen LogP contribution in [-0.2, 0) is 17.9 Å². The Kier molecular flexibility index (Phi) is 6.93. The molecule has 0 atom stereocenters. The highest BCUT2D eigenvalue weighted by molar-refractivity contribution is 6.30. The van der Waals surface area contributed by atoms with Gasteiger partial charge in [0.15, 0.2) is 0 Å². The minimum atomic E-state index is -0.306. The molecule has 0 saturated carbocycles. The molecule has 4 nitrogen and oxygen atoms in total. The van der Waals surface area contributed by atoms with E-state index in [1.807, 2.05) is 60.7 Å². The lowest BCUT2D eigenvalue weighted by Crippen LogP contribution is -2.05. The van der Waals surface area contributed by atoms with E-state index in [4.69, 9.17) is 21.1 Å². The molecule has 0 aromatic heterocycles. The van der Waals surface area contributed by atoms with E-state index in [9.17, 15) is 4.79 Å². The summed E-state index contributed by atoms with van der Waals surface area (Å²) >= 11 is 5.90. The second-order valence-electron chi connectivity index (χ2n) is 6.21. The van der Waals surface area contributed by atoms with Crippen molar-refractivity contribution in [2.24, 2.45) is 0 Å². The van der Waals surface area contributed by atoms with Crippen molar-refractivity contribution in [2.45, 2.75) is 20.1 Å². The Balaban J connectivity index is 1.54. The summed E-state index contributed by atoms with van der Waals surface area (Å²) in [6.07, 6.45) is 0. The molecule has 3 rings (SSSR count). The van der Waals surface area contributed by atoms with Gasteiger partial charge in [-0.25, -0.2) is 4.79 Å². The summed E-state index contributed by atoms with van der Waals surface area (Å²) in [5, 5.41) is 4.06. The van der Waals surface area contributed by atoms with Crippen LogP contribution in [0.4, 0.5) is 5.69 Å². The maximum atomic E-state index is 11.7. The first-order valence-electron chi connectivity index (χ1n) is 9.11. The van der Waals surface area contributed by atoms with Gasteiger partial charge in [0.05, 0.1) is 12.2 Å². The van der Waals surface area contributed by atoms with Crippen LogP contribution in [0.15, 0.2) is 72.8 Å². The summed E-state index contributed by atoms with van der Waals surface area (Å²) in [6.45, 7) is 3.30. The molecular weight excluding hydrogens is 374 g/mol. The zero-order valence-corrected chi connectivity index (χ0v) is 16.4. The van der Waals surface area contributed by atoms with Gasteiger partial charge in [0, 0.05) is 17.3 Å². The molecule has 0 saturated heterocycles. The number of hydrogen-bond acceptors (Lipinski definition) is 4. The van der Waals surface area contributed by atoms with E-state index in [2.05, 4.69) is 5.32 Å². The first-order valence-corrected chi connectivity index (χ1v) is 9.49. The number of benzene rings is 3. The number of ether oxygens (including phenoxy) is 2. The van der Waals surface area contributed by atoms with Crippen molar-refractivity contribution in [3.8, 4) is 5.75 Å². The van der Waals surface area contributed by atoms with Gasteiger partial charge >= 0.3 is 5.97 Å². The van der Waals surface area contributed by atoms with Gasteiger partial charge in [-0.05, 0) is 66.6 Å². The first-order chi connectivity index (χ1) is 13.6. The molecular formula is C23H22ClNO3. The van der Waals surface area contributed by atoms with Crippen LogP contribution in [0.25, 0.3) is 0 Å². The standard InChI is InChI=1S/C23H22ClNO3/c1-2-27-23(26)19-8-12-21(13-9-19)25-15-18-4-3-5-22(14-18)28-16-17-6-10-20(24)11-7-17/h3-14,25H,2,15-16H2,1H3. The van der Waals surface area contributed by atoms with Crippen LogP contribution in [0.1, 0.15) is 28.4 Å². The van der Waals surface area contributed by atoms with Crippen LogP contribution < -0.4 is 10.1 Å². The molecule has 0 bridgehead atoms. The minimum Gasteiger partial charge on any atom is -0.489 e. The van der Waals surface area contributed by atoms with Crippen molar-refractivity contribution >= 4 is 23.3 Å². The van der Waals surface area contributed by atoms with Gasteiger partial charge in [-0.15, -0.1) is 0 Å². The van der Waals surface area contributed by atoms with E-state index < -0.39 is 0 Å². The van der Waals surface area contributed by atoms with Crippen LogP contribution in [0.3, 0.4) is 0 Å². The third-order valence-corrected chi connectivity index (χ3v) is 4.36. The average Bonchev–Trinajstić information content (AvgIpc) is 2.73. The number of nitrogens with one attached hydrogen (secondary N) is 1. The molecule has 0 unspecified atom stereocenters. The van der Waals surface area contributed by atoms with Gasteiger partial charge in [0.1, 0.15) is 12.4 Å². The molecule has 0 spiro atoms. The summed E-state index contributed by atoms with van der Waals surface area (Å²) < 4.78 is 10.9. The molecule has 0 amide bonds. The van der Waals surface area contributed by atoms with E-state index in [1.54, 1.807) is 19.1 Å². The number of halogens is 1. The Hall–Kier alpha value is -2.98. The van der Waals surface area contributed by atoms with Crippen molar-refractivity contribution < 1.29 is 14.3 Å². The number of carbonyl (C=O) groups excluding carboxylic acids is 1. The predicted octanol–water partition coefficient (Wildman–Crippen LogP) is 5.71. The molecule has 1 N–H and O–H groups in total. The third kappa shape index (κ3) is 5.76. The fourth-order valence-electron chi connectivity index (χ4n) is 2.64. The van der Waals surface area contributed by atoms with Crippen molar-refractivity contribution in [3.63, 3.8) is 0 Å². The van der Waals surface area contributed by atoms with E-state index >= 15 is 0 Å². The third-order valence-electron chi connectivity index (χ3n) is 4.11. The van der Waals surface area contributed by atoms with Crippen LogP contribution in [-0.4, -0.2) is 12.6 Å². The number of anilines is 1. The van der Waals surface area contributed by atoms with E-state index in [0.29, 0.717) is 30.3 Å². The largest absolute Gasteiger partial charge is 0.489 e. The highest BCUT2D eigenvalue weighted by atomic mass is 35.5. The summed E-state index contributed by atoms with van der Waals surface area (Å²) in [5.41, 5.74) is 3.64. The minimum absolute atomic E-state index is 0.306. The molecule has 0 heterocycles. The first kappa shape index (κ1) is 19.8. The second kappa shape index (κ2) is 9.81. The highest BCUT2D eigenvalue weighted by Gasteiger charge is 2.05. The summed E-state index contributed by atoms with van der Waals surface area (Å²) in [7, 11) is 0. The fraction of sp³-hybridized carbons (Fsp3) is 0.174. The summed E-state index contributed by atoms with van der Waals surface area (Å²) in [6, 6.07) is 22.8. The van der Waals surface area contributed by atoms with E-state index in [1.165, 1.54) is 0 Å². The fourth-order valence-corrected chi connectivity index (χ4v) is 2.76. The Bertz CT molecular complexity index is 908. The molecule has 144 valence electrons. The molecule has 0 aliphatic rings. The van der Waals surface area contributed by atoms with Crippen LogP contribution in [0, 0.1) is 0 Å². The van der Waals surface area contributed by atoms with Crippen molar-refractivity contribution in [3.05, 3.63) is 94.5 Å². The monoisotopic (exact) mass is 395 g/mol. The van der Waals surface area contributed by atoms with Crippen molar-refractivity contribution in [1.29, 1.82) is 0 Å². The lowest BCUT2D eigenvalue weighted by Gasteiger charge is -2.10. The molecule has 5 heteroatoms. The van der Waals surface area contributed by atoms with Crippen molar-refractivity contribution in [1.82, 2.24) is 0 Å². The molecule has 28 heavy (non-hydrogen) atoms. The summed E-state index contributed by atoms with van der Waals surface area (Å²) in [5.74, 6) is 0.506. The maximum Gasteiger partial charge on any atom is 0.338 e. The summed E-state index contributed by atoms with van der Waals surface area (Å²) in [4.78, 5) is 11.7. The van der Waals surface area contributed by atoms with E-state index in [-0.39, 0.29) is 5.97 Å². The Morgan fingerprint density at radius 2 is 1.71 bits per heavy atom. The topological polar surface area (TPSA) is 47.6 Å². The van der Waals surface area contributed by atoms with Gasteiger partial charge in [0.2, 0.25) is 0 Å². The number of esters is 1. The molecule has 3 aromatic rings. The molecule has 0 aliphatic carbocycles. The quantitative estimate of drug-likeness (QED) is 0.496. The number of hydrogen-bond donors (Lipinski definition) is 1. The Morgan fingerprint density at radius 1 is 0.964 bits per heavy atom. The second-order valence-corrected chi connectivity index (χ2v) is 6.65. The van der Waals surface area contributed by atoms with Gasteiger partial charge in [-0.3, -0.25) is 0 Å². The van der Waals surface area contributed by atoms with Crippen LogP contribution in [0.2, 0.25) is 5.02 Å². The SMILES string of the molecule is CCOC(=O)c1ccc(NCc2cccc(OCc3ccc(Cl)cc3)c2)cc1. The molecule has 0 aliphatic heterocycles. The highest BCUT2D eigenvalue weighted by Crippen LogP contribution is 2.18. The predicted molar refractivity (Wildman–Crippen MR) is 112 cm³/mol. The van der Waals surface area contributed by atoms with Gasteiger partial charge in [-0.2, -0.15) is 0 Å². The van der Waals surface area contributed by atoms with E-state index in [0.717, 1.165) is 22.6 Å². The lowest BCUT2D eigenvalue weighted by atomic mass is 10.2. The van der Waals surface area contributed by atoms with Crippen LogP contribution in [0.5, 0.6) is 5.75 Å². The molecule has 0 fully saturated rings. The number of carbonyl (C=O) groups is 1. The zero-order chi connectivity index (χ0) is 19.8. The Morgan fingerprint density at radius 3 is 2.43 bits per heavy atom. The lowest BCUT2D eigenvalue weighted by molar-refractivity contribution is 0.0526. The zero-order valence-electron chi connectivity index (χ0n) is 15.7. The van der Waals surface area contributed by atoms with Crippen LogP contribution >= 0.6 is 11.6 Å².